The maximum absolute atomic E-state index is 4.34. The van der Waals surface area contributed by atoms with Crippen molar-refractivity contribution >= 4 is 5.69 Å². The van der Waals surface area contributed by atoms with E-state index in [2.05, 4.69) is 34.4 Å². The van der Waals surface area contributed by atoms with E-state index in [1.165, 1.54) is 50.0 Å². The van der Waals surface area contributed by atoms with Gasteiger partial charge < -0.3 is 10.2 Å². The number of rotatable bonds is 5. The summed E-state index contributed by atoms with van der Waals surface area (Å²) in [5, 5.41) is 3.51. The summed E-state index contributed by atoms with van der Waals surface area (Å²) in [6.45, 7) is 6.76. The molecule has 0 bridgehead atoms. The predicted molar refractivity (Wildman–Crippen MR) is 79.3 cm³/mol. The van der Waals surface area contributed by atoms with Gasteiger partial charge in [0.1, 0.15) is 0 Å². The van der Waals surface area contributed by atoms with Crippen molar-refractivity contribution in [3.05, 3.63) is 24.0 Å². The lowest BCUT2D eigenvalue weighted by atomic mass is 10.0. The van der Waals surface area contributed by atoms with Crippen LogP contribution in [-0.4, -0.2) is 24.6 Å². The first kappa shape index (κ1) is 12.9. The van der Waals surface area contributed by atoms with Crippen molar-refractivity contribution in [1.82, 2.24) is 10.3 Å². The maximum atomic E-state index is 4.34. The monoisotopic (exact) mass is 259 g/mol. The highest BCUT2D eigenvalue weighted by atomic mass is 15.2. The van der Waals surface area contributed by atoms with Crippen molar-refractivity contribution in [3.8, 4) is 0 Å². The number of nitrogens with one attached hydrogen (secondary N) is 1. The summed E-state index contributed by atoms with van der Waals surface area (Å²) in [7, 11) is 0. The molecule has 2 heterocycles. The number of nitrogens with zero attached hydrogens (tertiary/aromatic N) is 2. The Labute approximate surface area is 116 Å². The normalized spacial score (nSPS) is 25.8. The summed E-state index contributed by atoms with van der Waals surface area (Å²) in [5.74, 6) is 1.88. The molecule has 19 heavy (non-hydrogen) atoms. The molecule has 2 unspecified atom stereocenters. The standard InChI is InChI=1S/C16H25N3/c1-2-7-17-9-13-6-8-18-10-16(13)19-11-14-4-3-5-15(14)12-19/h6,8,10,14-15,17H,2-5,7,9,11-12H2,1H3. The number of anilines is 1. The number of aromatic nitrogens is 1. The molecular formula is C16H25N3. The third-order valence-electron chi connectivity index (χ3n) is 4.70. The minimum Gasteiger partial charge on any atom is -0.369 e. The first-order valence-corrected chi connectivity index (χ1v) is 7.77. The lowest BCUT2D eigenvalue weighted by molar-refractivity contribution is 0.494. The zero-order valence-corrected chi connectivity index (χ0v) is 11.9. The number of pyridine rings is 1. The number of hydrogen-bond acceptors (Lipinski definition) is 3. The van der Waals surface area contributed by atoms with Crippen molar-refractivity contribution in [3.63, 3.8) is 0 Å². The molecule has 0 radical (unpaired) electrons. The van der Waals surface area contributed by atoms with Gasteiger partial charge in [0.15, 0.2) is 0 Å². The molecule has 3 heteroatoms. The largest absolute Gasteiger partial charge is 0.369 e. The van der Waals surface area contributed by atoms with Crippen LogP contribution in [0.1, 0.15) is 38.2 Å². The summed E-state index contributed by atoms with van der Waals surface area (Å²) in [6, 6.07) is 2.17. The van der Waals surface area contributed by atoms with Gasteiger partial charge in [0, 0.05) is 25.8 Å². The fourth-order valence-electron chi connectivity index (χ4n) is 3.68. The van der Waals surface area contributed by atoms with Crippen LogP contribution in [0, 0.1) is 11.8 Å². The lowest BCUT2D eigenvalue weighted by Gasteiger charge is -2.22. The van der Waals surface area contributed by atoms with E-state index in [1.54, 1.807) is 0 Å². The van der Waals surface area contributed by atoms with Gasteiger partial charge in [-0.2, -0.15) is 0 Å². The highest BCUT2D eigenvalue weighted by molar-refractivity contribution is 5.52. The fourth-order valence-corrected chi connectivity index (χ4v) is 3.68. The summed E-state index contributed by atoms with van der Waals surface area (Å²) in [5.41, 5.74) is 2.77. The van der Waals surface area contributed by atoms with Crippen LogP contribution in [0.15, 0.2) is 18.5 Å². The Bertz CT molecular complexity index is 406. The predicted octanol–water partition coefficient (Wildman–Crippen LogP) is 2.82. The van der Waals surface area contributed by atoms with E-state index in [4.69, 9.17) is 0 Å². The van der Waals surface area contributed by atoms with Gasteiger partial charge >= 0.3 is 0 Å². The van der Waals surface area contributed by atoms with Gasteiger partial charge in [-0.15, -0.1) is 0 Å². The van der Waals surface area contributed by atoms with Crippen LogP contribution in [-0.2, 0) is 6.54 Å². The van der Waals surface area contributed by atoms with Crippen LogP contribution in [0.3, 0.4) is 0 Å². The molecule has 2 fully saturated rings. The van der Waals surface area contributed by atoms with Crippen LogP contribution in [0.5, 0.6) is 0 Å². The van der Waals surface area contributed by atoms with Gasteiger partial charge in [-0.1, -0.05) is 13.3 Å². The topological polar surface area (TPSA) is 28.2 Å². The molecule has 0 spiro atoms. The number of hydrogen-bond donors (Lipinski definition) is 1. The zero-order chi connectivity index (χ0) is 13.1. The van der Waals surface area contributed by atoms with Gasteiger partial charge in [0.05, 0.1) is 11.9 Å². The van der Waals surface area contributed by atoms with Gasteiger partial charge in [-0.05, 0) is 49.3 Å². The Hall–Kier alpha value is -1.09. The Morgan fingerprint density at radius 1 is 1.32 bits per heavy atom. The average Bonchev–Trinajstić information content (AvgIpc) is 3.00. The van der Waals surface area contributed by atoms with Crippen molar-refractivity contribution in [2.24, 2.45) is 11.8 Å². The zero-order valence-electron chi connectivity index (χ0n) is 11.9. The van der Waals surface area contributed by atoms with Crippen molar-refractivity contribution in [2.45, 2.75) is 39.2 Å². The second-order valence-corrected chi connectivity index (χ2v) is 6.04. The molecule has 2 aliphatic rings. The molecule has 1 aromatic rings. The minimum atomic E-state index is 0.941. The van der Waals surface area contributed by atoms with E-state index in [-0.39, 0.29) is 0 Å². The molecular weight excluding hydrogens is 234 g/mol. The molecule has 104 valence electrons. The van der Waals surface area contributed by atoms with E-state index >= 15 is 0 Å². The molecule has 3 rings (SSSR count). The highest BCUT2D eigenvalue weighted by Crippen LogP contribution is 2.40. The van der Waals surface area contributed by atoms with Crippen LogP contribution < -0.4 is 10.2 Å². The molecule has 1 aliphatic heterocycles. The Morgan fingerprint density at radius 2 is 2.11 bits per heavy atom. The molecule has 3 nitrogen and oxygen atoms in total. The van der Waals surface area contributed by atoms with Gasteiger partial charge in [0.25, 0.3) is 0 Å². The van der Waals surface area contributed by atoms with Crippen LogP contribution in [0.25, 0.3) is 0 Å². The van der Waals surface area contributed by atoms with Crippen LogP contribution in [0.2, 0.25) is 0 Å². The maximum Gasteiger partial charge on any atom is 0.0598 e. The number of fused-ring (bicyclic) bond motifs is 1. The van der Waals surface area contributed by atoms with Gasteiger partial charge in [-0.25, -0.2) is 0 Å². The second kappa shape index (κ2) is 5.91. The van der Waals surface area contributed by atoms with E-state index in [0.717, 1.165) is 24.9 Å². The van der Waals surface area contributed by atoms with Crippen molar-refractivity contribution < 1.29 is 0 Å². The highest BCUT2D eigenvalue weighted by Gasteiger charge is 2.36. The van der Waals surface area contributed by atoms with Crippen molar-refractivity contribution in [1.29, 1.82) is 0 Å². The van der Waals surface area contributed by atoms with Crippen LogP contribution in [0.4, 0.5) is 5.69 Å². The molecule has 0 amide bonds. The summed E-state index contributed by atoms with van der Waals surface area (Å²) in [4.78, 5) is 6.92. The van der Waals surface area contributed by atoms with Gasteiger partial charge in [-0.3, -0.25) is 4.98 Å². The Kier molecular flexibility index (Phi) is 4.02. The van der Waals surface area contributed by atoms with Gasteiger partial charge in [0.2, 0.25) is 0 Å². The minimum absolute atomic E-state index is 0.941. The summed E-state index contributed by atoms with van der Waals surface area (Å²) in [6.07, 6.45) is 9.48. The Balaban J connectivity index is 1.70. The molecule has 1 N–H and O–H groups in total. The molecule has 0 aromatic carbocycles. The average molecular weight is 259 g/mol. The summed E-state index contributed by atoms with van der Waals surface area (Å²) >= 11 is 0. The van der Waals surface area contributed by atoms with E-state index in [1.807, 2.05) is 6.20 Å². The van der Waals surface area contributed by atoms with Crippen LogP contribution >= 0.6 is 0 Å². The third-order valence-corrected chi connectivity index (χ3v) is 4.70. The van der Waals surface area contributed by atoms with E-state index in [9.17, 15) is 0 Å². The first-order chi connectivity index (χ1) is 9.38. The van der Waals surface area contributed by atoms with Crippen molar-refractivity contribution in [2.75, 3.05) is 24.5 Å². The SMILES string of the molecule is CCCNCc1ccncc1N1CC2CCCC2C1. The Morgan fingerprint density at radius 3 is 2.84 bits per heavy atom. The molecule has 1 saturated heterocycles. The first-order valence-electron chi connectivity index (χ1n) is 7.77. The molecule has 1 aliphatic carbocycles. The molecule has 1 saturated carbocycles. The lowest BCUT2D eigenvalue weighted by Crippen LogP contribution is -2.24. The third kappa shape index (κ3) is 2.76. The summed E-state index contributed by atoms with van der Waals surface area (Å²) < 4.78 is 0. The molecule has 1 aromatic heterocycles. The smallest absolute Gasteiger partial charge is 0.0598 e. The quantitative estimate of drug-likeness (QED) is 0.824. The van der Waals surface area contributed by atoms with E-state index in [0.29, 0.717) is 0 Å². The molecule has 2 atom stereocenters. The second-order valence-electron chi connectivity index (χ2n) is 6.04. The fraction of sp³-hybridized carbons (Fsp3) is 0.688. The van der Waals surface area contributed by atoms with E-state index < -0.39 is 0 Å².